The lowest BCUT2D eigenvalue weighted by Crippen LogP contribution is -2.41. The number of urea groups is 1. The van der Waals surface area contributed by atoms with Crippen LogP contribution in [0, 0.1) is 13.8 Å². The van der Waals surface area contributed by atoms with E-state index in [1.807, 2.05) is 39.8 Å². The molecule has 1 heterocycles. The Hall–Kier alpha value is -2.30. The van der Waals surface area contributed by atoms with Crippen molar-refractivity contribution < 1.29 is 4.79 Å². The third kappa shape index (κ3) is 4.34. The van der Waals surface area contributed by atoms with E-state index in [1.165, 1.54) is 0 Å². The first-order chi connectivity index (χ1) is 10.9. The van der Waals surface area contributed by atoms with Gasteiger partial charge >= 0.3 is 6.03 Å². The highest BCUT2D eigenvalue weighted by Gasteiger charge is 2.08. The van der Waals surface area contributed by atoms with Gasteiger partial charge in [0, 0.05) is 29.1 Å². The zero-order valence-corrected chi connectivity index (χ0v) is 14.2. The van der Waals surface area contributed by atoms with Gasteiger partial charge in [-0.2, -0.15) is 0 Å². The molecule has 1 atom stereocenters. The number of aryl methyl sites for hydroxylation is 2. The molecule has 0 saturated carbocycles. The molecule has 124 valence electrons. The van der Waals surface area contributed by atoms with Crippen molar-refractivity contribution in [2.45, 2.75) is 46.6 Å². The van der Waals surface area contributed by atoms with Crippen molar-refractivity contribution in [2.75, 3.05) is 6.54 Å². The summed E-state index contributed by atoms with van der Waals surface area (Å²) in [5.74, 6) is 0. The molecular formula is C18H25N3O2. The normalized spacial score (nSPS) is 12.2. The molecule has 5 nitrogen and oxygen atoms in total. The standard InChI is InChI=1S/C18H25N3O2/c1-5-13(4)20-18(23)19-7-6-14-10-15-12(3)8-11(2)9-16(15)21-17(14)22/h8-10,13H,5-7H2,1-4H3,(H,21,22)(H2,19,20,23). The summed E-state index contributed by atoms with van der Waals surface area (Å²) in [5, 5.41) is 6.68. The maximum atomic E-state index is 12.2. The number of hydrogen-bond donors (Lipinski definition) is 3. The quantitative estimate of drug-likeness (QED) is 0.793. The third-order valence-electron chi connectivity index (χ3n) is 4.06. The van der Waals surface area contributed by atoms with Gasteiger partial charge in [-0.25, -0.2) is 4.79 Å². The van der Waals surface area contributed by atoms with Crippen LogP contribution in [0.1, 0.15) is 37.0 Å². The van der Waals surface area contributed by atoms with E-state index in [2.05, 4.69) is 21.7 Å². The third-order valence-corrected chi connectivity index (χ3v) is 4.06. The van der Waals surface area contributed by atoms with Crippen LogP contribution in [0.2, 0.25) is 0 Å². The van der Waals surface area contributed by atoms with Crippen molar-refractivity contribution in [3.05, 3.63) is 45.2 Å². The Morgan fingerprint density at radius 3 is 2.70 bits per heavy atom. The van der Waals surface area contributed by atoms with E-state index in [4.69, 9.17) is 0 Å². The minimum absolute atomic E-state index is 0.0911. The number of carbonyl (C=O) groups excluding carboxylic acids is 1. The van der Waals surface area contributed by atoms with E-state index in [0.29, 0.717) is 18.5 Å². The summed E-state index contributed by atoms with van der Waals surface area (Å²) in [5.41, 5.74) is 3.72. The van der Waals surface area contributed by atoms with Gasteiger partial charge < -0.3 is 15.6 Å². The van der Waals surface area contributed by atoms with Crippen molar-refractivity contribution in [1.82, 2.24) is 15.6 Å². The van der Waals surface area contributed by atoms with Gasteiger partial charge in [0.05, 0.1) is 0 Å². The van der Waals surface area contributed by atoms with Crippen LogP contribution in [0.15, 0.2) is 23.0 Å². The number of rotatable bonds is 5. The fraction of sp³-hybridized carbons (Fsp3) is 0.444. The van der Waals surface area contributed by atoms with Gasteiger partial charge in [0.1, 0.15) is 0 Å². The van der Waals surface area contributed by atoms with E-state index < -0.39 is 0 Å². The summed E-state index contributed by atoms with van der Waals surface area (Å²) in [6.07, 6.45) is 1.39. The summed E-state index contributed by atoms with van der Waals surface area (Å²) in [6.45, 7) is 8.46. The first kappa shape index (κ1) is 17.1. The second-order valence-corrected chi connectivity index (χ2v) is 6.13. The molecule has 2 rings (SSSR count). The van der Waals surface area contributed by atoms with Gasteiger partial charge in [0.2, 0.25) is 0 Å². The first-order valence-electron chi connectivity index (χ1n) is 8.08. The van der Waals surface area contributed by atoms with E-state index >= 15 is 0 Å². The molecule has 3 N–H and O–H groups in total. The SMILES string of the molecule is CCC(C)NC(=O)NCCc1cc2c(C)cc(C)cc2[nH]c1=O. The predicted octanol–water partition coefficient (Wildman–Crippen LogP) is 2.79. The van der Waals surface area contributed by atoms with Gasteiger partial charge in [-0.1, -0.05) is 13.0 Å². The average Bonchev–Trinajstić information content (AvgIpc) is 2.47. The van der Waals surface area contributed by atoms with Crippen molar-refractivity contribution in [3.8, 4) is 0 Å². The highest BCUT2D eigenvalue weighted by Crippen LogP contribution is 2.18. The highest BCUT2D eigenvalue weighted by molar-refractivity contribution is 5.83. The van der Waals surface area contributed by atoms with E-state index in [0.717, 1.165) is 28.5 Å². The van der Waals surface area contributed by atoms with Crippen molar-refractivity contribution >= 4 is 16.9 Å². The lowest BCUT2D eigenvalue weighted by molar-refractivity contribution is 0.237. The Kier molecular flexibility index (Phi) is 5.42. The van der Waals surface area contributed by atoms with Gasteiger partial charge in [-0.15, -0.1) is 0 Å². The van der Waals surface area contributed by atoms with Crippen LogP contribution < -0.4 is 16.2 Å². The van der Waals surface area contributed by atoms with Crippen molar-refractivity contribution in [3.63, 3.8) is 0 Å². The molecule has 0 saturated heterocycles. The zero-order chi connectivity index (χ0) is 17.0. The Labute approximate surface area is 136 Å². The topological polar surface area (TPSA) is 74.0 Å². The molecule has 0 bridgehead atoms. The number of aromatic nitrogens is 1. The molecule has 2 aromatic rings. The molecule has 0 aliphatic rings. The molecule has 5 heteroatoms. The highest BCUT2D eigenvalue weighted by atomic mass is 16.2. The average molecular weight is 315 g/mol. The lowest BCUT2D eigenvalue weighted by Gasteiger charge is -2.12. The molecular weight excluding hydrogens is 290 g/mol. The fourth-order valence-electron chi connectivity index (χ4n) is 2.59. The smallest absolute Gasteiger partial charge is 0.315 e. The van der Waals surface area contributed by atoms with Gasteiger partial charge in [0.15, 0.2) is 0 Å². The minimum Gasteiger partial charge on any atom is -0.338 e. The van der Waals surface area contributed by atoms with Crippen molar-refractivity contribution in [2.24, 2.45) is 0 Å². The van der Waals surface area contributed by atoms with Gasteiger partial charge in [0.25, 0.3) is 5.56 Å². The van der Waals surface area contributed by atoms with E-state index in [9.17, 15) is 9.59 Å². The number of hydrogen-bond acceptors (Lipinski definition) is 2. The second kappa shape index (κ2) is 7.31. The van der Waals surface area contributed by atoms with E-state index in [-0.39, 0.29) is 17.6 Å². The number of pyridine rings is 1. The van der Waals surface area contributed by atoms with E-state index in [1.54, 1.807) is 0 Å². The zero-order valence-electron chi connectivity index (χ0n) is 14.2. The molecule has 0 radical (unpaired) electrons. The number of carbonyl (C=O) groups is 1. The number of nitrogens with one attached hydrogen (secondary N) is 3. The summed E-state index contributed by atoms with van der Waals surface area (Å²) >= 11 is 0. The van der Waals surface area contributed by atoms with Crippen LogP contribution in [0.5, 0.6) is 0 Å². The molecule has 1 aromatic heterocycles. The van der Waals surface area contributed by atoms with Crippen LogP contribution in [-0.2, 0) is 6.42 Å². The van der Waals surface area contributed by atoms with Crippen LogP contribution in [-0.4, -0.2) is 23.6 Å². The molecule has 2 amide bonds. The maximum absolute atomic E-state index is 12.2. The molecule has 0 fully saturated rings. The Bertz CT molecular complexity index is 765. The molecule has 1 unspecified atom stereocenters. The Morgan fingerprint density at radius 1 is 1.26 bits per heavy atom. The van der Waals surface area contributed by atoms with Crippen molar-refractivity contribution in [1.29, 1.82) is 0 Å². The number of H-pyrrole nitrogens is 1. The van der Waals surface area contributed by atoms with Gasteiger partial charge in [-0.3, -0.25) is 4.79 Å². The number of fused-ring (bicyclic) bond motifs is 1. The molecule has 0 aliphatic carbocycles. The largest absolute Gasteiger partial charge is 0.338 e. The van der Waals surface area contributed by atoms with Gasteiger partial charge in [-0.05, 0) is 56.9 Å². The Morgan fingerprint density at radius 2 is 2.00 bits per heavy atom. The number of amides is 2. The Balaban J connectivity index is 2.07. The lowest BCUT2D eigenvalue weighted by atomic mass is 10.0. The first-order valence-corrected chi connectivity index (χ1v) is 8.08. The van der Waals surface area contributed by atoms with Crippen LogP contribution in [0.4, 0.5) is 4.79 Å². The summed E-state index contributed by atoms with van der Waals surface area (Å²) < 4.78 is 0. The molecule has 0 aliphatic heterocycles. The minimum atomic E-state index is -0.191. The summed E-state index contributed by atoms with van der Waals surface area (Å²) in [4.78, 5) is 26.8. The second-order valence-electron chi connectivity index (χ2n) is 6.13. The molecule has 23 heavy (non-hydrogen) atoms. The monoisotopic (exact) mass is 315 g/mol. The summed E-state index contributed by atoms with van der Waals surface area (Å²) in [6, 6.07) is 5.96. The maximum Gasteiger partial charge on any atom is 0.315 e. The number of aromatic amines is 1. The number of benzene rings is 1. The van der Waals surface area contributed by atoms with Crippen LogP contribution in [0.25, 0.3) is 10.9 Å². The fourth-order valence-corrected chi connectivity index (χ4v) is 2.59. The summed E-state index contributed by atoms with van der Waals surface area (Å²) in [7, 11) is 0. The molecule has 1 aromatic carbocycles. The van der Waals surface area contributed by atoms with Crippen LogP contribution >= 0.6 is 0 Å². The van der Waals surface area contributed by atoms with Crippen LogP contribution in [0.3, 0.4) is 0 Å². The predicted molar refractivity (Wildman–Crippen MR) is 94.0 cm³/mol. The molecule has 0 spiro atoms.